The van der Waals surface area contributed by atoms with Gasteiger partial charge in [0.25, 0.3) is 0 Å². The largest absolute Gasteiger partial charge is 0.369 e. The van der Waals surface area contributed by atoms with E-state index < -0.39 is 0 Å². The molecule has 1 saturated carbocycles. The van der Waals surface area contributed by atoms with Gasteiger partial charge in [0, 0.05) is 12.8 Å². The van der Waals surface area contributed by atoms with E-state index in [2.05, 4.69) is 31.0 Å². The van der Waals surface area contributed by atoms with Crippen molar-refractivity contribution >= 4 is 0 Å². The normalized spacial score (nSPS) is 20.1. The van der Waals surface area contributed by atoms with Crippen molar-refractivity contribution in [3.05, 3.63) is 30.1 Å². The second-order valence-corrected chi connectivity index (χ2v) is 4.80. The van der Waals surface area contributed by atoms with Gasteiger partial charge in [-0.05, 0) is 44.2 Å². The molecule has 1 aliphatic carbocycles. The first kappa shape index (κ1) is 11.6. The second kappa shape index (κ2) is 4.96. The van der Waals surface area contributed by atoms with Crippen LogP contribution in [0.5, 0.6) is 0 Å². The van der Waals surface area contributed by atoms with Crippen LogP contribution in [-0.4, -0.2) is 11.6 Å². The van der Waals surface area contributed by atoms with Crippen molar-refractivity contribution in [2.75, 3.05) is 6.61 Å². The molecule has 0 amide bonds. The van der Waals surface area contributed by atoms with Gasteiger partial charge in [0.2, 0.25) is 0 Å². The monoisotopic (exact) mass is 219 g/mol. The van der Waals surface area contributed by atoms with Crippen molar-refractivity contribution in [3.63, 3.8) is 0 Å². The van der Waals surface area contributed by atoms with Crippen molar-refractivity contribution in [2.45, 2.75) is 45.1 Å². The summed E-state index contributed by atoms with van der Waals surface area (Å²) in [6.07, 6.45) is 6.81. The number of aromatic nitrogens is 1. The van der Waals surface area contributed by atoms with E-state index in [-0.39, 0.29) is 5.60 Å². The van der Waals surface area contributed by atoms with Gasteiger partial charge in [-0.15, -0.1) is 0 Å². The minimum absolute atomic E-state index is 0.171. The lowest BCUT2D eigenvalue weighted by Crippen LogP contribution is -2.40. The number of ether oxygens (including phenoxy) is 1. The van der Waals surface area contributed by atoms with Gasteiger partial charge >= 0.3 is 0 Å². The van der Waals surface area contributed by atoms with Crippen LogP contribution in [0.25, 0.3) is 0 Å². The number of pyridine rings is 1. The Hall–Kier alpha value is -0.890. The first-order chi connectivity index (χ1) is 7.77. The highest BCUT2D eigenvalue weighted by atomic mass is 16.5. The summed E-state index contributed by atoms with van der Waals surface area (Å²) in [5.41, 5.74) is 0.920. The first-order valence-corrected chi connectivity index (χ1v) is 6.33. The maximum absolute atomic E-state index is 6.11. The molecular formula is C14H21NO. The molecule has 16 heavy (non-hydrogen) atoms. The van der Waals surface area contributed by atoms with Crippen molar-refractivity contribution < 1.29 is 4.74 Å². The molecular weight excluding hydrogens is 198 g/mol. The summed E-state index contributed by atoms with van der Waals surface area (Å²) in [5, 5.41) is 0. The van der Waals surface area contributed by atoms with E-state index >= 15 is 0 Å². The van der Waals surface area contributed by atoms with Crippen LogP contribution in [0.3, 0.4) is 0 Å². The maximum atomic E-state index is 6.11. The van der Waals surface area contributed by atoms with Crippen molar-refractivity contribution in [2.24, 2.45) is 5.92 Å². The van der Waals surface area contributed by atoms with Gasteiger partial charge in [0.15, 0.2) is 0 Å². The molecule has 2 heteroatoms. The summed E-state index contributed by atoms with van der Waals surface area (Å²) < 4.78 is 6.11. The van der Waals surface area contributed by atoms with Crippen LogP contribution < -0.4 is 0 Å². The molecule has 0 spiro atoms. The molecule has 1 atom stereocenters. The Morgan fingerprint density at radius 1 is 1.44 bits per heavy atom. The molecule has 1 aromatic heterocycles. The Balaban J connectivity index is 2.19. The summed E-state index contributed by atoms with van der Waals surface area (Å²) in [6, 6.07) is 6.10. The molecule has 1 fully saturated rings. The second-order valence-electron chi connectivity index (χ2n) is 4.80. The van der Waals surface area contributed by atoms with Crippen LogP contribution in [-0.2, 0) is 10.3 Å². The molecule has 88 valence electrons. The van der Waals surface area contributed by atoms with Gasteiger partial charge in [-0.1, -0.05) is 19.4 Å². The van der Waals surface area contributed by atoms with E-state index in [4.69, 9.17) is 4.74 Å². The fourth-order valence-electron chi connectivity index (χ4n) is 2.33. The first-order valence-electron chi connectivity index (χ1n) is 6.33. The highest BCUT2D eigenvalue weighted by Crippen LogP contribution is 2.44. The molecule has 1 heterocycles. The molecule has 0 radical (unpaired) electrons. The quantitative estimate of drug-likeness (QED) is 0.756. The SMILES string of the molecule is CCCOC(C)(c1ccccn1)C1CCC1. The highest BCUT2D eigenvalue weighted by molar-refractivity contribution is 5.15. The fourth-order valence-corrected chi connectivity index (χ4v) is 2.33. The lowest BCUT2D eigenvalue weighted by molar-refractivity contribution is -0.105. The predicted molar refractivity (Wildman–Crippen MR) is 65.2 cm³/mol. The van der Waals surface area contributed by atoms with E-state index in [0.29, 0.717) is 5.92 Å². The number of nitrogens with zero attached hydrogens (tertiary/aromatic N) is 1. The van der Waals surface area contributed by atoms with Crippen LogP contribution in [0, 0.1) is 5.92 Å². The van der Waals surface area contributed by atoms with E-state index in [1.54, 1.807) is 0 Å². The Morgan fingerprint density at radius 3 is 2.75 bits per heavy atom. The van der Waals surface area contributed by atoms with Crippen LogP contribution in [0.1, 0.15) is 45.2 Å². The Labute approximate surface area is 98.0 Å². The summed E-state index contributed by atoms with van der Waals surface area (Å²) in [4.78, 5) is 4.48. The molecule has 0 aliphatic heterocycles. The molecule has 1 aliphatic rings. The lowest BCUT2D eigenvalue weighted by atomic mass is 9.72. The van der Waals surface area contributed by atoms with Crippen molar-refractivity contribution in [3.8, 4) is 0 Å². The van der Waals surface area contributed by atoms with Gasteiger partial charge in [0.05, 0.1) is 5.69 Å². The Kier molecular flexibility index (Phi) is 3.59. The zero-order valence-corrected chi connectivity index (χ0v) is 10.3. The molecule has 1 aromatic rings. The third kappa shape index (κ3) is 2.12. The zero-order chi connectivity index (χ0) is 11.4. The average molecular weight is 219 g/mol. The van der Waals surface area contributed by atoms with Gasteiger partial charge in [-0.2, -0.15) is 0 Å². The number of rotatable bonds is 5. The van der Waals surface area contributed by atoms with E-state index in [9.17, 15) is 0 Å². The van der Waals surface area contributed by atoms with Crippen molar-refractivity contribution in [1.82, 2.24) is 4.98 Å². The number of hydrogen-bond donors (Lipinski definition) is 0. The zero-order valence-electron chi connectivity index (χ0n) is 10.3. The highest BCUT2D eigenvalue weighted by Gasteiger charge is 2.41. The summed E-state index contributed by atoms with van der Waals surface area (Å²) in [5.74, 6) is 0.647. The van der Waals surface area contributed by atoms with E-state index in [1.165, 1.54) is 19.3 Å². The van der Waals surface area contributed by atoms with Crippen LogP contribution in [0.2, 0.25) is 0 Å². The van der Waals surface area contributed by atoms with E-state index in [0.717, 1.165) is 18.7 Å². The molecule has 0 aromatic carbocycles. The Morgan fingerprint density at radius 2 is 2.25 bits per heavy atom. The van der Waals surface area contributed by atoms with Crippen LogP contribution in [0.15, 0.2) is 24.4 Å². The molecule has 0 saturated heterocycles. The minimum Gasteiger partial charge on any atom is -0.369 e. The minimum atomic E-state index is -0.171. The Bertz CT molecular complexity index is 321. The number of hydrogen-bond acceptors (Lipinski definition) is 2. The smallest absolute Gasteiger partial charge is 0.110 e. The van der Waals surface area contributed by atoms with Gasteiger partial charge in [-0.25, -0.2) is 0 Å². The maximum Gasteiger partial charge on any atom is 0.110 e. The molecule has 0 N–H and O–H groups in total. The summed E-state index contributed by atoms with van der Waals surface area (Å²) in [7, 11) is 0. The van der Waals surface area contributed by atoms with Crippen LogP contribution >= 0.6 is 0 Å². The topological polar surface area (TPSA) is 22.1 Å². The third-order valence-corrected chi connectivity index (χ3v) is 3.66. The molecule has 2 nitrogen and oxygen atoms in total. The van der Waals surface area contributed by atoms with Crippen molar-refractivity contribution in [1.29, 1.82) is 0 Å². The molecule has 1 unspecified atom stereocenters. The molecule has 0 bridgehead atoms. The van der Waals surface area contributed by atoms with Gasteiger partial charge in [0.1, 0.15) is 5.60 Å². The predicted octanol–water partition coefficient (Wildman–Crippen LogP) is 3.52. The summed E-state index contributed by atoms with van der Waals surface area (Å²) in [6.45, 7) is 5.18. The average Bonchev–Trinajstić information content (AvgIpc) is 2.25. The fraction of sp³-hybridized carbons (Fsp3) is 0.643. The standard InChI is InChI=1S/C14H21NO/c1-3-11-16-14(2,12-7-6-8-12)13-9-4-5-10-15-13/h4-5,9-10,12H,3,6-8,11H2,1-2H3. The third-order valence-electron chi connectivity index (χ3n) is 3.66. The lowest BCUT2D eigenvalue weighted by Gasteiger charge is -2.42. The van der Waals surface area contributed by atoms with Gasteiger partial charge in [-0.3, -0.25) is 4.98 Å². The van der Waals surface area contributed by atoms with E-state index in [1.807, 2.05) is 12.3 Å². The summed E-state index contributed by atoms with van der Waals surface area (Å²) >= 11 is 0. The van der Waals surface area contributed by atoms with Gasteiger partial charge < -0.3 is 4.74 Å². The van der Waals surface area contributed by atoms with Crippen LogP contribution in [0.4, 0.5) is 0 Å². The molecule has 2 rings (SSSR count).